The molecule has 0 unspecified atom stereocenters. The molecule has 0 bridgehead atoms. The average Bonchev–Trinajstić information content (AvgIpc) is 2.18. The Labute approximate surface area is 76.3 Å². The van der Waals surface area contributed by atoms with Gasteiger partial charge in [0.05, 0.1) is 7.11 Å². The van der Waals surface area contributed by atoms with Crippen LogP contribution in [-0.4, -0.2) is 21.8 Å². The zero-order valence-corrected chi connectivity index (χ0v) is 7.67. The molecule has 0 aliphatic carbocycles. The lowest BCUT2D eigenvalue weighted by Gasteiger charge is -2.02. The maximum absolute atomic E-state index is 11.2. The first-order valence-corrected chi connectivity index (χ1v) is 4.80. The molecule has 1 aromatic rings. The summed E-state index contributed by atoms with van der Waals surface area (Å²) >= 11 is 0. The van der Waals surface area contributed by atoms with Gasteiger partial charge in [0.15, 0.2) is 0 Å². The van der Waals surface area contributed by atoms with E-state index in [-0.39, 0.29) is 10.5 Å². The normalized spacial score (nSPS) is 11.2. The second-order valence-electron chi connectivity index (χ2n) is 2.22. The highest BCUT2D eigenvalue weighted by molar-refractivity contribution is 7.86. The van der Waals surface area contributed by atoms with Crippen LogP contribution in [0.5, 0.6) is 0 Å². The molecule has 5 heteroatoms. The van der Waals surface area contributed by atoms with E-state index in [4.69, 9.17) is 0 Å². The Balaban J connectivity index is 3.37. The number of benzene rings is 1. The molecular weight excluding hydrogens is 192 g/mol. The topological polar surface area (TPSA) is 60.4 Å². The second kappa shape index (κ2) is 3.68. The minimum absolute atomic E-state index is 0.0237. The fraction of sp³-hybridized carbons (Fsp3) is 0.125. The fourth-order valence-electron chi connectivity index (χ4n) is 0.859. The van der Waals surface area contributed by atoms with E-state index in [0.29, 0.717) is 0 Å². The summed E-state index contributed by atoms with van der Waals surface area (Å²) < 4.78 is 26.6. The fourth-order valence-corrected chi connectivity index (χ4v) is 1.66. The molecule has 69 valence electrons. The predicted molar refractivity (Wildman–Crippen MR) is 45.4 cm³/mol. The lowest BCUT2D eigenvalue weighted by molar-refractivity contribution is 0.397. The molecule has 0 heterocycles. The van der Waals surface area contributed by atoms with E-state index in [1.54, 1.807) is 6.07 Å². The summed E-state index contributed by atoms with van der Waals surface area (Å²) in [5.74, 6) is 0. The maximum Gasteiger partial charge on any atom is 0.297 e. The summed E-state index contributed by atoms with van der Waals surface area (Å²) in [5, 5.41) is 0. The first-order valence-electron chi connectivity index (χ1n) is 3.39. The zero-order chi connectivity index (χ0) is 9.90. The first-order chi connectivity index (χ1) is 6.11. The third kappa shape index (κ3) is 1.93. The van der Waals surface area contributed by atoms with E-state index in [2.05, 4.69) is 4.18 Å². The van der Waals surface area contributed by atoms with Crippen molar-refractivity contribution in [2.45, 2.75) is 4.90 Å². The predicted octanol–water partition coefficient (Wildman–Crippen LogP) is 0.480. The summed E-state index contributed by atoms with van der Waals surface area (Å²) in [6, 6.07) is 5.71. The van der Waals surface area contributed by atoms with Crippen LogP contribution in [0.15, 0.2) is 29.2 Å². The van der Waals surface area contributed by atoms with Crippen LogP contribution in [0, 0.1) is 0 Å². The molecule has 13 heavy (non-hydrogen) atoms. The van der Waals surface area contributed by atoms with Crippen LogP contribution in [0.4, 0.5) is 0 Å². The third-order valence-electron chi connectivity index (χ3n) is 1.49. The molecule has 1 rings (SSSR count). The summed E-state index contributed by atoms with van der Waals surface area (Å²) in [6.45, 7) is 0. The van der Waals surface area contributed by atoms with Crippen LogP contribution in [0.1, 0.15) is 5.56 Å². The molecule has 0 fully saturated rings. The van der Waals surface area contributed by atoms with Gasteiger partial charge in [-0.3, -0.25) is 8.98 Å². The molecule has 0 N–H and O–H groups in total. The van der Waals surface area contributed by atoms with Crippen LogP contribution < -0.4 is 0 Å². The van der Waals surface area contributed by atoms with Gasteiger partial charge in [-0.05, 0) is 12.1 Å². The minimum atomic E-state index is -3.80. The van der Waals surface area contributed by atoms with Crippen molar-refractivity contribution in [1.29, 1.82) is 0 Å². The van der Waals surface area contributed by atoms with Crippen molar-refractivity contribution >= 4 is 16.4 Å². The molecule has 4 nitrogen and oxygen atoms in total. The van der Waals surface area contributed by atoms with Gasteiger partial charge in [0.2, 0.25) is 6.29 Å². The van der Waals surface area contributed by atoms with E-state index < -0.39 is 10.1 Å². The molecule has 0 saturated heterocycles. The van der Waals surface area contributed by atoms with Crippen molar-refractivity contribution in [3.8, 4) is 0 Å². The Morgan fingerprint density at radius 3 is 2.46 bits per heavy atom. The molecule has 0 atom stereocenters. The number of hydrogen-bond donors (Lipinski definition) is 0. The van der Waals surface area contributed by atoms with Crippen LogP contribution >= 0.6 is 0 Å². The van der Waals surface area contributed by atoms with E-state index >= 15 is 0 Å². The van der Waals surface area contributed by atoms with E-state index in [9.17, 15) is 13.2 Å². The van der Waals surface area contributed by atoms with Crippen molar-refractivity contribution in [2.24, 2.45) is 0 Å². The Kier molecular flexibility index (Phi) is 2.79. The average molecular weight is 199 g/mol. The highest BCUT2D eigenvalue weighted by atomic mass is 32.2. The summed E-state index contributed by atoms with van der Waals surface area (Å²) in [5.41, 5.74) is -0.0237. The smallest absolute Gasteiger partial charge is 0.285 e. The Morgan fingerprint density at radius 1 is 1.31 bits per heavy atom. The standard InChI is InChI=1S/C8H7O4S/c1-12-13(10,11)8-5-3-2-4-7(8)6-9/h2-5H,1H3. The van der Waals surface area contributed by atoms with Gasteiger partial charge < -0.3 is 0 Å². The number of carbonyl (C=O) groups excluding carboxylic acids is 1. The van der Waals surface area contributed by atoms with Gasteiger partial charge in [-0.2, -0.15) is 8.42 Å². The van der Waals surface area contributed by atoms with Crippen LogP contribution in [0.3, 0.4) is 0 Å². The molecule has 0 saturated carbocycles. The maximum atomic E-state index is 11.2. The van der Waals surface area contributed by atoms with Crippen molar-refractivity contribution in [1.82, 2.24) is 0 Å². The molecule has 0 aliphatic rings. The van der Waals surface area contributed by atoms with Crippen molar-refractivity contribution in [3.63, 3.8) is 0 Å². The van der Waals surface area contributed by atoms with Crippen LogP contribution in [0.2, 0.25) is 0 Å². The van der Waals surface area contributed by atoms with Gasteiger partial charge in [-0.1, -0.05) is 12.1 Å². The van der Waals surface area contributed by atoms with Crippen LogP contribution in [0.25, 0.3) is 0 Å². The summed E-state index contributed by atoms with van der Waals surface area (Å²) in [7, 11) is -2.76. The van der Waals surface area contributed by atoms with Crippen LogP contribution in [-0.2, 0) is 19.1 Å². The monoisotopic (exact) mass is 199 g/mol. The van der Waals surface area contributed by atoms with Gasteiger partial charge in [-0.15, -0.1) is 0 Å². The molecule has 1 aromatic carbocycles. The van der Waals surface area contributed by atoms with Gasteiger partial charge in [-0.25, -0.2) is 0 Å². The molecule has 0 spiro atoms. The van der Waals surface area contributed by atoms with Gasteiger partial charge in [0.1, 0.15) is 4.90 Å². The Hall–Kier alpha value is -1.20. The quantitative estimate of drug-likeness (QED) is 0.664. The minimum Gasteiger partial charge on any atom is -0.285 e. The summed E-state index contributed by atoms with van der Waals surface area (Å²) in [4.78, 5) is 10.2. The SMILES string of the molecule is COS(=O)(=O)c1ccccc1[C]=O. The van der Waals surface area contributed by atoms with Crippen molar-refractivity contribution in [2.75, 3.05) is 7.11 Å². The lowest BCUT2D eigenvalue weighted by Crippen LogP contribution is -2.05. The third-order valence-corrected chi connectivity index (χ3v) is 2.82. The molecular formula is C8H7O4S. The van der Waals surface area contributed by atoms with E-state index in [1.807, 2.05) is 0 Å². The van der Waals surface area contributed by atoms with Gasteiger partial charge >= 0.3 is 0 Å². The Bertz CT molecular complexity index is 408. The second-order valence-corrected chi connectivity index (χ2v) is 3.90. The highest BCUT2D eigenvalue weighted by Gasteiger charge is 2.16. The van der Waals surface area contributed by atoms with E-state index in [0.717, 1.165) is 7.11 Å². The van der Waals surface area contributed by atoms with Crippen molar-refractivity contribution in [3.05, 3.63) is 29.8 Å². The Morgan fingerprint density at radius 2 is 1.92 bits per heavy atom. The van der Waals surface area contributed by atoms with Gasteiger partial charge in [0.25, 0.3) is 10.1 Å². The molecule has 0 aliphatic heterocycles. The zero-order valence-electron chi connectivity index (χ0n) is 6.85. The largest absolute Gasteiger partial charge is 0.297 e. The first kappa shape index (κ1) is 9.88. The molecule has 1 radical (unpaired) electrons. The lowest BCUT2D eigenvalue weighted by atomic mass is 10.2. The number of rotatable bonds is 3. The summed E-state index contributed by atoms with van der Waals surface area (Å²) in [6.07, 6.45) is 1.53. The van der Waals surface area contributed by atoms with Crippen molar-refractivity contribution < 1.29 is 17.4 Å². The molecule has 0 amide bonds. The number of hydrogen-bond acceptors (Lipinski definition) is 4. The van der Waals surface area contributed by atoms with E-state index in [1.165, 1.54) is 24.5 Å². The van der Waals surface area contributed by atoms with Gasteiger partial charge in [0, 0.05) is 5.56 Å². The molecule has 0 aromatic heterocycles. The highest BCUT2D eigenvalue weighted by Crippen LogP contribution is 2.14.